The van der Waals surface area contributed by atoms with Crippen LogP contribution >= 0.6 is 0 Å². The Morgan fingerprint density at radius 3 is 2.62 bits per heavy atom. The number of carbonyl (C=O) groups excluding carboxylic acids is 1. The van der Waals surface area contributed by atoms with Crippen molar-refractivity contribution < 1.29 is 9.90 Å². The van der Waals surface area contributed by atoms with Crippen molar-refractivity contribution >= 4 is 5.91 Å². The van der Waals surface area contributed by atoms with Crippen LogP contribution in [0.15, 0.2) is 24.3 Å². The number of phenols is 1. The molecule has 1 rings (SSSR count). The maximum atomic E-state index is 11.6. The second-order valence-electron chi connectivity index (χ2n) is 3.88. The van der Waals surface area contributed by atoms with Gasteiger partial charge in [0, 0.05) is 19.1 Å². The van der Waals surface area contributed by atoms with Gasteiger partial charge in [0.25, 0.3) is 5.91 Å². The molecule has 1 aromatic rings. The van der Waals surface area contributed by atoms with Gasteiger partial charge in [0.05, 0.1) is 5.56 Å². The summed E-state index contributed by atoms with van der Waals surface area (Å²) < 4.78 is 0. The van der Waals surface area contributed by atoms with Gasteiger partial charge in [-0.15, -0.1) is 0 Å². The maximum absolute atomic E-state index is 11.6. The van der Waals surface area contributed by atoms with Gasteiger partial charge in [-0.25, -0.2) is 0 Å². The summed E-state index contributed by atoms with van der Waals surface area (Å²) in [5, 5.41) is 15.4. The van der Waals surface area contributed by atoms with E-state index in [2.05, 4.69) is 10.6 Å². The van der Waals surface area contributed by atoms with Crippen molar-refractivity contribution in [3.8, 4) is 5.75 Å². The molecule has 0 saturated heterocycles. The van der Waals surface area contributed by atoms with Gasteiger partial charge in [-0.1, -0.05) is 26.0 Å². The molecule has 0 bridgehead atoms. The number of carbonyl (C=O) groups is 1. The van der Waals surface area contributed by atoms with Crippen LogP contribution < -0.4 is 10.6 Å². The molecular weight excluding hydrogens is 204 g/mol. The van der Waals surface area contributed by atoms with Gasteiger partial charge in [0.15, 0.2) is 0 Å². The number of para-hydroxylation sites is 1. The highest BCUT2D eigenvalue weighted by atomic mass is 16.3. The van der Waals surface area contributed by atoms with Crippen molar-refractivity contribution in [3.05, 3.63) is 29.8 Å². The van der Waals surface area contributed by atoms with Crippen molar-refractivity contribution in [2.75, 3.05) is 13.1 Å². The fourth-order valence-electron chi connectivity index (χ4n) is 1.30. The van der Waals surface area contributed by atoms with E-state index in [1.807, 2.05) is 13.8 Å². The minimum absolute atomic E-state index is 0.0109. The number of nitrogens with one attached hydrogen (secondary N) is 2. The van der Waals surface area contributed by atoms with E-state index in [0.29, 0.717) is 18.2 Å². The van der Waals surface area contributed by atoms with Gasteiger partial charge >= 0.3 is 0 Å². The fourth-order valence-corrected chi connectivity index (χ4v) is 1.30. The molecular formula is C12H18N2O2. The van der Waals surface area contributed by atoms with Crippen LogP contribution in [-0.4, -0.2) is 30.1 Å². The number of aromatic hydroxyl groups is 1. The average Bonchev–Trinajstić information content (AvgIpc) is 2.24. The first kappa shape index (κ1) is 12.5. The Labute approximate surface area is 95.7 Å². The van der Waals surface area contributed by atoms with E-state index in [9.17, 15) is 9.90 Å². The Hall–Kier alpha value is -1.55. The van der Waals surface area contributed by atoms with E-state index in [4.69, 9.17) is 0 Å². The lowest BCUT2D eigenvalue weighted by Gasteiger charge is -2.09. The molecule has 4 nitrogen and oxygen atoms in total. The summed E-state index contributed by atoms with van der Waals surface area (Å²) in [4.78, 5) is 11.6. The molecule has 0 unspecified atom stereocenters. The lowest BCUT2D eigenvalue weighted by molar-refractivity contribution is 0.0951. The van der Waals surface area contributed by atoms with E-state index in [-0.39, 0.29) is 11.7 Å². The van der Waals surface area contributed by atoms with E-state index in [1.165, 1.54) is 6.07 Å². The molecule has 16 heavy (non-hydrogen) atoms. The normalized spacial score (nSPS) is 10.4. The second-order valence-corrected chi connectivity index (χ2v) is 3.88. The standard InChI is InChI=1S/C12H18N2O2/c1-9(2)13-7-8-14-12(16)10-5-3-4-6-11(10)15/h3-6,9,13,15H,7-8H2,1-2H3,(H,14,16). The van der Waals surface area contributed by atoms with Crippen molar-refractivity contribution in [2.24, 2.45) is 0 Å². The first-order valence-corrected chi connectivity index (χ1v) is 5.41. The molecule has 0 fully saturated rings. The zero-order valence-corrected chi connectivity index (χ0v) is 9.66. The number of amides is 1. The van der Waals surface area contributed by atoms with Gasteiger partial charge in [-0.2, -0.15) is 0 Å². The molecule has 0 atom stereocenters. The summed E-state index contributed by atoms with van der Waals surface area (Å²) in [6.45, 7) is 5.36. The van der Waals surface area contributed by atoms with Gasteiger partial charge in [0.1, 0.15) is 5.75 Å². The van der Waals surface area contributed by atoms with Gasteiger partial charge in [-0.05, 0) is 12.1 Å². The number of rotatable bonds is 5. The van der Waals surface area contributed by atoms with Crippen LogP contribution in [0.5, 0.6) is 5.75 Å². The molecule has 0 radical (unpaired) electrons. The molecule has 88 valence electrons. The average molecular weight is 222 g/mol. The molecule has 0 heterocycles. The highest BCUT2D eigenvalue weighted by Crippen LogP contribution is 2.14. The van der Waals surface area contributed by atoms with Crippen LogP contribution in [0.4, 0.5) is 0 Å². The van der Waals surface area contributed by atoms with Crippen molar-refractivity contribution in [1.29, 1.82) is 0 Å². The van der Waals surface area contributed by atoms with E-state index < -0.39 is 0 Å². The van der Waals surface area contributed by atoms with Gasteiger partial charge in [-0.3, -0.25) is 4.79 Å². The highest BCUT2D eigenvalue weighted by Gasteiger charge is 2.08. The largest absolute Gasteiger partial charge is 0.507 e. The van der Waals surface area contributed by atoms with E-state index >= 15 is 0 Å². The third-order valence-corrected chi connectivity index (χ3v) is 2.11. The molecule has 0 spiro atoms. The first-order valence-electron chi connectivity index (χ1n) is 5.41. The number of phenolic OH excluding ortho intramolecular Hbond substituents is 1. The summed E-state index contributed by atoms with van der Waals surface area (Å²) in [6.07, 6.45) is 0. The molecule has 4 heteroatoms. The summed E-state index contributed by atoms with van der Waals surface area (Å²) in [5.74, 6) is -0.236. The Morgan fingerprint density at radius 2 is 2.00 bits per heavy atom. The number of hydrogen-bond acceptors (Lipinski definition) is 3. The number of benzene rings is 1. The molecule has 1 aromatic carbocycles. The molecule has 3 N–H and O–H groups in total. The SMILES string of the molecule is CC(C)NCCNC(=O)c1ccccc1O. The van der Waals surface area contributed by atoms with Gasteiger partial charge < -0.3 is 15.7 Å². The van der Waals surface area contributed by atoms with Crippen LogP contribution in [0.2, 0.25) is 0 Å². The fraction of sp³-hybridized carbons (Fsp3) is 0.417. The van der Waals surface area contributed by atoms with Crippen LogP contribution in [0.25, 0.3) is 0 Å². The number of hydrogen-bond donors (Lipinski definition) is 3. The Bertz CT molecular complexity index is 351. The zero-order chi connectivity index (χ0) is 12.0. The van der Waals surface area contributed by atoms with Crippen molar-refractivity contribution in [2.45, 2.75) is 19.9 Å². The van der Waals surface area contributed by atoms with E-state index in [1.54, 1.807) is 18.2 Å². The molecule has 0 aliphatic rings. The Morgan fingerprint density at radius 1 is 1.31 bits per heavy atom. The summed E-state index contributed by atoms with van der Waals surface area (Å²) in [5.41, 5.74) is 0.312. The minimum Gasteiger partial charge on any atom is -0.507 e. The quantitative estimate of drug-likeness (QED) is 0.654. The second kappa shape index (κ2) is 6.12. The van der Waals surface area contributed by atoms with Crippen molar-refractivity contribution in [3.63, 3.8) is 0 Å². The minimum atomic E-state index is -0.247. The van der Waals surface area contributed by atoms with Crippen LogP contribution in [-0.2, 0) is 0 Å². The first-order chi connectivity index (χ1) is 7.61. The predicted octanol–water partition coefficient (Wildman–Crippen LogP) is 1.12. The monoisotopic (exact) mass is 222 g/mol. The topological polar surface area (TPSA) is 61.4 Å². The maximum Gasteiger partial charge on any atom is 0.255 e. The third kappa shape index (κ3) is 3.90. The predicted molar refractivity (Wildman–Crippen MR) is 63.6 cm³/mol. The van der Waals surface area contributed by atoms with Crippen LogP contribution in [0.1, 0.15) is 24.2 Å². The summed E-state index contributed by atoms with van der Waals surface area (Å²) >= 11 is 0. The summed E-state index contributed by atoms with van der Waals surface area (Å²) in [7, 11) is 0. The van der Waals surface area contributed by atoms with Crippen LogP contribution in [0, 0.1) is 0 Å². The lowest BCUT2D eigenvalue weighted by atomic mass is 10.2. The molecule has 0 saturated carbocycles. The zero-order valence-electron chi connectivity index (χ0n) is 9.66. The molecule has 0 aliphatic carbocycles. The molecule has 0 aliphatic heterocycles. The smallest absolute Gasteiger partial charge is 0.255 e. The summed E-state index contributed by atoms with van der Waals surface area (Å²) in [6, 6.07) is 6.91. The Balaban J connectivity index is 2.39. The third-order valence-electron chi connectivity index (χ3n) is 2.11. The van der Waals surface area contributed by atoms with E-state index in [0.717, 1.165) is 6.54 Å². The molecule has 1 amide bonds. The van der Waals surface area contributed by atoms with Gasteiger partial charge in [0.2, 0.25) is 0 Å². The molecule has 0 aromatic heterocycles. The Kier molecular flexibility index (Phi) is 4.79. The lowest BCUT2D eigenvalue weighted by Crippen LogP contribution is -2.34. The van der Waals surface area contributed by atoms with Crippen molar-refractivity contribution in [1.82, 2.24) is 10.6 Å². The highest BCUT2D eigenvalue weighted by molar-refractivity contribution is 5.96. The van der Waals surface area contributed by atoms with Crippen LogP contribution in [0.3, 0.4) is 0 Å².